The number of nitrogens with zero attached hydrogens (tertiary/aromatic N) is 1. The highest BCUT2D eigenvalue weighted by Crippen LogP contribution is 2.10. The largest absolute Gasteiger partial charge is 0.354 e. The summed E-state index contributed by atoms with van der Waals surface area (Å²) in [6.07, 6.45) is 4.80. The summed E-state index contributed by atoms with van der Waals surface area (Å²) in [5.41, 5.74) is 0.992. The van der Waals surface area contributed by atoms with E-state index in [9.17, 15) is 8.42 Å². The van der Waals surface area contributed by atoms with Crippen LogP contribution in [0.1, 0.15) is 45.1 Å². The Morgan fingerprint density at radius 1 is 1.20 bits per heavy atom. The highest BCUT2D eigenvalue weighted by molar-refractivity contribution is 14.0. The van der Waals surface area contributed by atoms with Crippen LogP contribution in [0.3, 0.4) is 0 Å². The number of rotatable bonds is 9. The van der Waals surface area contributed by atoms with Crippen LogP contribution in [0.5, 0.6) is 0 Å². The molecule has 1 rings (SSSR count). The molecule has 0 heterocycles. The third-order valence-corrected chi connectivity index (χ3v) is 5.24. The lowest BCUT2D eigenvalue weighted by atomic mass is 10.1. The third kappa shape index (κ3) is 8.87. The molecule has 1 unspecified atom stereocenters. The van der Waals surface area contributed by atoms with Crippen molar-refractivity contribution in [3.63, 3.8) is 0 Å². The summed E-state index contributed by atoms with van der Waals surface area (Å²) >= 11 is 0. The van der Waals surface area contributed by atoms with E-state index in [4.69, 9.17) is 0 Å². The molecule has 6 nitrogen and oxygen atoms in total. The van der Waals surface area contributed by atoms with Gasteiger partial charge in [0.2, 0.25) is 10.0 Å². The molecular formula is C17H31IN4O2S. The predicted octanol–water partition coefficient (Wildman–Crippen LogP) is 2.85. The number of hydrogen-bond acceptors (Lipinski definition) is 3. The summed E-state index contributed by atoms with van der Waals surface area (Å²) in [6.45, 7) is 4.94. The van der Waals surface area contributed by atoms with E-state index in [0.717, 1.165) is 17.9 Å². The van der Waals surface area contributed by atoms with Crippen molar-refractivity contribution in [2.75, 3.05) is 14.1 Å². The van der Waals surface area contributed by atoms with Crippen molar-refractivity contribution >= 4 is 40.0 Å². The van der Waals surface area contributed by atoms with Gasteiger partial charge >= 0.3 is 0 Å². The van der Waals surface area contributed by atoms with Crippen molar-refractivity contribution in [1.29, 1.82) is 0 Å². The van der Waals surface area contributed by atoms with E-state index in [1.807, 2.05) is 0 Å². The molecule has 1 aromatic carbocycles. The lowest BCUT2D eigenvalue weighted by molar-refractivity contribution is 0.546. The van der Waals surface area contributed by atoms with Crippen molar-refractivity contribution < 1.29 is 8.42 Å². The molecule has 0 amide bonds. The van der Waals surface area contributed by atoms with Gasteiger partial charge in [0.25, 0.3) is 0 Å². The van der Waals surface area contributed by atoms with Gasteiger partial charge in [-0.05, 0) is 38.1 Å². The molecule has 0 saturated carbocycles. The molecule has 8 heteroatoms. The van der Waals surface area contributed by atoms with Gasteiger partial charge in [-0.1, -0.05) is 38.3 Å². The number of aliphatic imine (C=N–C) groups is 1. The lowest BCUT2D eigenvalue weighted by Crippen LogP contribution is -2.41. The topological polar surface area (TPSA) is 82.6 Å². The van der Waals surface area contributed by atoms with Gasteiger partial charge in [-0.25, -0.2) is 13.1 Å². The van der Waals surface area contributed by atoms with Gasteiger partial charge < -0.3 is 10.6 Å². The maximum Gasteiger partial charge on any atom is 0.240 e. The smallest absolute Gasteiger partial charge is 0.240 e. The van der Waals surface area contributed by atoms with Crippen LogP contribution < -0.4 is 15.4 Å². The van der Waals surface area contributed by atoms with Crippen molar-refractivity contribution in [3.8, 4) is 0 Å². The summed E-state index contributed by atoms with van der Waals surface area (Å²) in [5, 5.41) is 6.63. The second-order valence-electron chi connectivity index (χ2n) is 5.82. The Kier molecular flexibility index (Phi) is 12.0. The molecule has 3 N–H and O–H groups in total. The average Bonchev–Trinajstić information content (AvgIpc) is 2.59. The molecule has 0 spiro atoms. The Labute approximate surface area is 169 Å². The SMILES string of the molecule is CCCCCC(C)NC(=NC)NCc1ccc(S(=O)(=O)NC)cc1.I. The summed E-state index contributed by atoms with van der Waals surface area (Å²) in [6, 6.07) is 7.18. The molecule has 0 aliphatic heterocycles. The van der Waals surface area contributed by atoms with Crippen LogP contribution in [0.2, 0.25) is 0 Å². The van der Waals surface area contributed by atoms with Crippen molar-refractivity contribution in [2.45, 2.75) is 57.0 Å². The minimum atomic E-state index is -3.38. The quantitative estimate of drug-likeness (QED) is 0.219. The zero-order valence-corrected chi connectivity index (χ0v) is 18.6. The summed E-state index contributed by atoms with van der Waals surface area (Å²) in [5.74, 6) is 0.755. The Hall–Kier alpha value is -0.870. The van der Waals surface area contributed by atoms with E-state index in [2.05, 4.69) is 34.2 Å². The molecule has 1 atom stereocenters. The molecule has 0 saturated heterocycles. The number of halogens is 1. The Balaban J connectivity index is 0.00000576. The molecule has 0 fully saturated rings. The lowest BCUT2D eigenvalue weighted by Gasteiger charge is -2.18. The van der Waals surface area contributed by atoms with Crippen LogP contribution in [0.15, 0.2) is 34.2 Å². The van der Waals surface area contributed by atoms with E-state index in [1.165, 1.54) is 26.3 Å². The summed E-state index contributed by atoms with van der Waals surface area (Å²) in [4.78, 5) is 4.49. The Morgan fingerprint density at radius 3 is 2.36 bits per heavy atom. The van der Waals surface area contributed by atoms with Crippen LogP contribution in [0.4, 0.5) is 0 Å². The minimum Gasteiger partial charge on any atom is -0.354 e. The molecule has 1 aromatic rings. The van der Waals surface area contributed by atoms with Crippen molar-refractivity contribution in [3.05, 3.63) is 29.8 Å². The number of nitrogens with one attached hydrogen (secondary N) is 3. The average molecular weight is 482 g/mol. The minimum absolute atomic E-state index is 0. The number of unbranched alkanes of at least 4 members (excludes halogenated alkanes) is 2. The Morgan fingerprint density at radius 2 is 1.84 bits per heavy atom. The van der Waals surface area contributed by atoms with E-state index in [0.29, 0.717) is 12.6 Å². The highest BCUT2D eigenvalue weighted by Gasteiger charge is 2.10. The normalized spacial score (nSPS) is 13.0. The summed E-state index contributed by atoms with van der Waals surface area (Å²) in [7, 11) is -0.233. The molecule has 0 aliphatic rings. The summed E-state index contributed by atoms with van der Waals surface area (Å²) < 4.78 is 25.7. The molecule has 0 radical (unpaired) electrons. The van der Waals surface area contributed by atoms with E-state index in [-0.39, 0.29) is 28.9 Å². The van der Waals surface area contributed by atoms with Gasteiger partial charge in [-0.3, -0.25) is 4.99 Å². The third-order valence-electron chi connectivity index (χ3n) is 3.81. The standard InChI is InChI=1S/C17H30N4O2S.HI/c1-5-6-7-8-14(2)21-17(18-3)20-13-15-9-11-16(12-10-15)24(22,23)19-4;/h9-12,14,19H,5-8,13H2,1-4H3,(H2,18,20,21);1H. The van der Waals surface area contributed by atoms with Crippen LogP contribution in [0.25, 0.3) is 0 Å². The molecule has 25 heavy (non-hydrogen) atoms. The molecule has 144 valence electrons. The molecule has 0 bridgehead atoms. The van der Waals surface area contributed by atoms with Crippen molar-refractivity contribution in [1.82, 2.24) is 15.4 Å². The first-order chi connectivity index (χ1) is 11.4. The van der Waals surface area contributed by atoms with E-state index in [1.54, 1.807) is 31.3 Å². The first-order valence-electron chi connectivity index (χ1n) is 8.42. The van der Waals surface area contributed by atoms with Gasteiger partial charge in [-0.2, -0.15) is 0 Å². The van der Waals surface area contributed by atoms with Crippen LogP contribution >= 0.6 is 24.0 Å². The second kappa shape index (κ2) is 12.5. The zero-order valence-electron chi connectivity index (χ0n) is 15.5. The number of benzene rings is 1. The predicted molar refractivity (Wildman–Crippen MR) is 115 cm³/mol. The fourth-order valence-electron chi connectivity index (χ4n) is 2.29. The van der Waals surface area contributed by atoms with Crippen molar-refractivity contribution in [2.24, 2.45) is 4.99 Å². The van der Waals surface area contributed by atoms with E-state index < -0.39 is 10.0 Å². The van der Waals surface area contributed by atoms with Gasteiger partial charge in [0.05, 0.1) is 4.90 Å². The number of guanidine groups is 1. The number of sulfonamides is 1. The molecule has 0 aliphatic carbocycles. The second-order valence-corrected chi connectivity index (χ2v) is 7.70. The van der Waals surface area contributed by atoms with Gasteiger partial charge in [0, 0.05) is 19.6 Å². The van der Waals surface area contributed by atoms with Gasteiger partial charge in [0.15, 0.2) is 5.96 Å². The number of hydrogen-bond donors (Lipinski definition) is 3. The molecular weight excluding hydrogens is 451 g/mol. The van der Waals surface area contributed by atoms with E-state index >= 15 is 0 Å². The van der Waals surface area contributed by atoms with Gasteiger partial charge in [-0.15, -0.1) is 24.0 Å². The maximum atomic E-state index is 11.7. The van der Waals surface area contributed by atoms with Crippen LogP contribution in [-0.2, 0) is 16.6 Å². The zero-order chi connectivity index (χ0) is 18.0. The highest BCUT2D eigenvalue weighted by atomic mass is 127. The van der Waals surface area contributed by atoms with Crippen LogP contribution in [0, 0.1) is 0 Å². The maximum absolute atomic E-state index is 11.7. The first kappa shape index (κ1) is 24.1. The molecule has 0 aromatic heterocycles. The van der Waals surface area contributed by atoms with Gasteiger partial charge in [0.1, 0.15) is 0 Å². The monoisotopic (exact) mass is 482 g/mol. The van der Waals surface area contributed by atoms with Crippen LogP contribution in [-0.4, -0.2) is 34.5 Å². The fourth-order valence-corrected chi connectivity index (χ4v) is 3.02. The Bertz CT molecular complexity index is 618. The first-order valence-corrected chi connectivity index (χ1v) is 9.91. The fraction of sp³-hybridized carbons (Fsp3) is 0.588.